The second-order valence-electron chi connectivity index (χ2n) is 5.69. The first kappa shape index (κ1) is 16.7. The van der Waals surface area contributed by atoms with Gasteiger partial charge in [0, 0.05) is 12.2 Å². The van der Waals surface area contributed by atoms with Crippen molar-refractivity contribution >= 4 is 29.2 Å². The van der Waals surface area contributed by atoms with E-state index in [1.54, 1.807) is 29.2 Å². The monoisotopic (exact) mass is 338 g/mol. The summed E-state index contributed by atoms with van der Waals surface area (Å²) in [5.74, 6) is -1.97. The van der Waals surface area contributed by atoms with E-state index < -0.39 is 17.8 Å². The smallest absolute Gasteiger partial charge is 0.339 e. The number of carbonyl (C=O) groups excluding carboxylic acids is 3. The average Bonchev–Trinajstić information content (AvgIpc) is 3.04. The van der Waals surface area contributed by atoms with Gasteiger partial charge in [-0.1, -0.05) is 30.3 Å². The lowest BCUT2D eigenvalue weighted by molar-refractivity contribution is -0.129. The number of amides is 2. The molecule has 0 bridgehead atoms. The van der Waals surface area contributed by atoms with Crippen molar-refractivity contribution < 1.29 is 19.1 Å². The lowest BCUT2D eigenvalue weighted by atomic mass is 10.1. The number of nitrogens with zero attached hydrogens (tertiary/aromatic N) is 1. The molecule has 0 aromatic heterocycles. The van der Waals surface area contributed by atoms with Gasteiger partial charge in [-0.05, 0) is 30.7 Å². The van der Waals surface area contributed by atoms with Crippen molar-refractivity contribution in [3.05, 3.63) is 60.2 Å². The molecule has 0 spiro atoms. The maximum absolute atomic E-state index is 12.6. The van der Waals surface area contributed by atoms with Gasteiger partial charge in [0.25, 0.3) is 0 Å². The van der Waals surface area contributed by atoms with Crippen molar-refractivity contribution in [3.63, 3.8) is 0 Å². The molecule has 0 unspecified atom stereocenters. The number of benzene rings is 2. The molecule has 1 atom stereocenters. The van der Waals surface area contributed by atoms with Crippen LogP contribution in [0.1, 0.15) is 16.8 Å². The highest BCUT2D eigenvalue weighted by molar-refractivity contribution is 6.14. The summed E-state index contributed by atoms with van der Waals surface area (Å²) >= 11 is 0. The van der Waals surface area contributed by atoms with Gasteiger partial charge in [-0.15, -0.1) is 0 Å². The van der Waals surface area contributed by atoms with Gasteiger partial charge in [-0.2, -0.15) is 0 Å². The second kappa shape index (κ2) is 7.17. The molecule has 1 N–H and O–H groups in total. The van der Waals surface area contributed by atoms with Crippen molar-refractivity contribution in [1.82, 2.24) is 0 Å². The molecule has 0 saturated carbocycles. The highest BCUT2D eigenvalue weighted by Gasteiger charge is 2.37. The molecule has 1 heterocycles. The molecular weight excluding hydrogens is 320 g/mol. The second-order valence-corrected chi connectivity index (χ2v) is 5.69. The van der Waals surface area contributed by atoms with Crippen LogP contribution in [0.15, 0.2) is 54.6 Å². The number of nitrogens with one attached hydrogen (secondary N) is 1. The zero-order valence-electron chi connectivity index (χ0n) is 13.8. The number of esters is 1. The molecule has 128 valence electrons. The summed E-state index contributed by atoms with van der Waals surface area (Å²) in [7, 11) is 1.28. The Morgan fingerprint density at radius 2 is 1.76 bits per heavy atom. The van der Waals surface area contributed by atoms with Gasteiger partial charge in [0.05, 0.1) is 18.4 Å². The number of ether oxygens (including phenoxy) is 1. The number of para-hydroxylation sites is 2. The van der Waals surface area contributed by atoms with Gasteiger partial charge in [-0.3, -0.25) is 9.59 Å². The number of methoxy groups -OCH3 is 1. The first-order chi connectivity index (χ1) is 12.1. The van der Waals surface area contributed by atoms with Gasteiger partial charge in [0.2, 0.25) is 11.8 Å². The minimum Gasteiger partial charge on any atom is -0.465 e. The highest BCUT2D eigenvalue weighted by atomic mass is 16.5. The molecule has 25 heavy (non-hydrogen) atoms. The summed E-state index contributed by atoms with van der Waals surface area (Å²) in [6.07, 6.45) is 0.431. The van der Waals surface area contributed by atoms with Crippen molar-refractivity contribution in [2.75, 3.05) is 23.9 Å². The number of rotatable bonds is 4. The van der Waals surface area contributed by atoms with Gasteiger partial charge in [0.1, 0.15) is 5.92 Å². The summed E-state index contributed by atoms with van der Waals surface area (Å²) in [5.41, 5.74) is 1.37. The Morgan fingerprint density at radius 3 is 2.48 bits per heavy atom. The van der Waals surface area contributed by atoms with Crippen LogP contribution in [0, 0.1) is 5.92 Å². The van der Waals surface area contributed by atoms with E-state index in [-0.39, 0.29) is 11.5 Å². The Kier molecular flexibility index (Phi) is 4.79. The Balaban J connectivity index is 1.75. The Bertz CT molecular complexity index is 804. The zero-order valence-corrected chi connectivity index (χ0v) is 13.8. The number of hydrogen-bond acceptors (Lipinski definition) is 4. The third-order valence-corrected chi connectivity index (χ3v) is 4.18. The third kappa shape index (κ3) is 3.38. The van der Waals surface area contributed by atoms with Crippen molar-refractivity contribution in [3.8, 4) is 0 Å². The van der Waals surface area contributed by atoms with Crippen molar-refractivity contribution in [1.29, 1.82) is 0 Å². The molecular formula is C19H18N2O4. The molecule has 0 radical (unpaired) electrons. The summed E-state index contributed by atoms with van der Waals surface area (Å²) < 4.78 is 4.71. The van der Waals surface area contributed by atoms with E-state index in [4.69, 9.17) is 4.74 Å². The average molecular weight is 338 g/mol. The van der Waals surface area contributed by atoms with Crippen LogP contribution in [0.4, 0.5) is 11.4 Å². The van der Waals surface area contributed by atoms with E-state index in [0.717, 1.165) is 5.69 Å². The van der Waals surface area contributed by atoms with Crippen LogP contribution >= 0.6 is 0 Å². The van der Waals surface area contributed by atoms with Gasteiger partial charge in [0.15, 0.2) is 0 Å². The van der Waals surface area contributed by atoms with Crippen LogP contribution in [-0.2, 0) is 14.3 Å². The van der Waals surface area contributed by atoms with Crippen LogP contribution in [0.25, 0.3) is 0 Å². The predicted octanol–water partition coefficient (Wildman–Crippen LogP) is 2.46. The van der Waals surface area contributed by atoms with Gasteiger partial charge in [-0.25, -0.2) is 4.79 Å². The van der Waals surface area contributed by atoms with Crippen molar-refractivity contribution in [2.45, 2.75) is 6.42 Å². The van der Waals surface area contributed by atoms with E-state index >= 15 is 0 Å². The molecule has 1 aliphatic rings. The quantitative estimate of drug-likeness (QED) is 0.686. The molecule has 1 saturated heterocycles. The Labute approximate surface area is 145 Å². The standard InChI is InChI=1S/C19H18N2O4/c1-25-19(24)14-9-5-6-10-16(14)20-17(22)15-11-12-21(18(15)23)13-7-3-2-4-8-13/h2-10,15H,11-12H2,1H3,(H,20,22)/t15-/m1/s1. The first-order valence-corrected chi connectivity index (χ1v) is 7.96. The summed E-state index contributed by atoms with van der Waals surface area (Å²) in [6, 6.07) is 15.8. The van der Waals surface area contributed by atoms with E-state index in [1.807, 2.05) is 30.3 Å². The summed E-state index contributed by atoms with van der Waals surface area (Å²) in [6.45, 7) is 0.486. The predicted molar refractivity (Wildman–Crippen MR) is 93.3 cm³/mol. The zero-order chi connectivity index (χ0) is 17.8. The maximum Gasteiger partial charge on any atom is 0.339 e. The molecule has 6 nitrogen and oxygen atoms in total. The van der Waals surface area contributed by atoms with Crippen LogP contribution in [-0.4, -0.2) is 31.4 Å². The van der Waals surface area contributed by atoms with Crippen LogP contribution in [0.5, 0.6) is 0 Å². The van der Waals surface area contributed by atoms with Crippen LogP contribution < -0.4 is 10.2 Å². The number of hydrogen-bond donors (Lipinski definition) is 1. The van der Waals surface area contributed by atoms with Gasteiger partial charge >= 0.3 is 5.97 Å². The minimum absolute atomic E-state index is 0.237. The molecule has 6 heteroatoms. The van der Waals surface area contributed by atoms with E-state index in [0.29, 0.717) is 18.7 Å². The molecule has 2 aromatic carbocycles. The number of carbonyl (C=O) groups is 3. The fraction of sp³-hybridized carbons (Fsp3) is 0.211. The highest BCUT2D eigenvalue weighted by Crippen LogP contribution is 2.26. The fourth-order valence-electron chi connectivity index (χ4n) is 2.89. The topological polar surface area (TPSA) is 75.7 Å². The largest absolute Gasteiger partial charge is 0.465 e. The van der Waals surface area contributed by atoms with Crippen molar-refractivity contribution in [2.24, 2.45) is 5.92 Å². The Hall–Kier alpha value is -3.15. The first-order valence-electron chi connectivity index (χ1n) is 7.96. The lowest BCUT2D eigenvalue weighted by Gasteiger charge is -2.17. The SMILES string of the molecule is COC(=O)c1ccccc1NC(=O)[C@H]1CCN(c2ccccc2)C1=O. The van der Waals surface area contributed by atoms with E-state index in [1.165, 1.54) is 7.11 Å². The fourth-order valence-corrected chi connectivity index (χ4v) is 2.89. The normalized spacial score (nSPS) is 16.6. The van der Waals surface area contributed by atoms with E-state index in [9.17, 15) is 14.4 Å². The molecule has 2 amide bonds. The molecule has 3 rings (SSSR count). The molecule has 0 aliphatic carbocycles. The Morgan fingerprint density at radius 1 is 1.08 bits per heavy atom. The lowest BCUT2D eigenvalue weighted by Crippen LogP contribution is -2.33. The third-order valence-electron chi connectivity index (χ3n) is 4.18. The van der Waals surface area contributed by atoms with Crippen LogP contribution in [0.3, 0.4) is 0 Å². The number of anilines is 2. The summed E-state index contributed by atoms with van der Waals surface area (Å²) in [5, 5.41) is 2.68. The van der Waals surface area contributed by atoms with Gasteiger partial charge < -0.3 is 15.0 Å². The minimum atomic E-state index is -0.772. The molecule has 1 fully saturated rings. The van der Waals surface area contributed by atoms with Crippen LogP contribution in [0.2, 0.25) is 0 Å². The molecule has 2 aromatic rings. The molecule has 1 aliphatic heterocycles. The summed E-state index contributed by atoms with van der Waals surface area (Å²) in [4.78, 5) is 38.5. The van der Waals surface area contributed by atoms with E-state index in [2.05, 4.69) is 5.32 Å². The maximum atomic E-state index is 12.6.